The van der Waals surface area contributed by atoms with Crippen LogP contribution in [0.5, 0.6) is 0 Å². The maximum Gasteiger partial charge on any atom is 0.426 e. The molecule has 0 amide bonds. The number of allylic oxidation sites excluding steroid dienone is 8. The van der Waals surface area contributed by atoms with Gasteiger partial charge in [0.15, 0.2) is 0 Å². The molecule has 0 saturated heterocycles. The Morgan fingerprint density at radius 3 is 1.34 bits per heavy atom. The number of hydrogen-bond acceptors (Lipinski definition) is 5. The Balaban J connectivity index is 2.07. The average molecular weight is 636 g/mol. The van der Waals surface area contributed by atoms with E-state index in [4.69, 9.17) is 5.26 Å². The van der Waals surface area contributed by atoms with E-state index < -0.39 is 58.1 Å². The molecule has 44 heavy (non-hydrogen) atoms. The Labute approximate surface area is 250 Å². The minimum Gasteiger partial charge on any atom is -0.387 e. The summed E-state index contributed by atoms with van der Waals surface area (Å²) in [5.41, 5.74) is -7.51. The van der Waals surface area contributed by atoms with Gasteiger partial charge in [-0.1, -0.05) is 40.5 Å². The number of rotatable bonds is 9. The third-order valence-corrected chi connectivity index (χ3v) is 7.40. The molecule has 0 spiro atoms. The summed E-state index contributed by atoms with van der Waals surface area (Å²) in [4.78, 5) is 0. The Morgan fingerprint density at radius 1 is 0.614 bits per heavy atom. The van der Waals surface area contributed by atoms with Crippen LogP contribution in [0.2, 0.25) is 0 Å². The van der Waals surface area contributed by atoms with Gasteiger partial charge in [0.1, 0.15) is 29.4 Å². The maximum absolute atomic E-state index is 13.4. The van der Waals surface area contributed by atoms with Crippen LogP contribution < -0.4 is 10.6 Å². The minimum atomic E-state index is -5.69. The lowest BCUT2D eigenvalue weighted by atomic mass is 9.72. The van der Waals surface area contributed by atoms with Crippen LogP contribution in [0.1, 0.15) is 79.1 Å². The third kappa shape index (κ3) is 9.45. The van der Waals surface area contributed by atoms with Gasteiger partial charge in [-0.2, -0.15) is 55.3 Å². The van der Waals surface area contributed by atoms with E-state index in [1.165, 1.54) is 19.9 Å². The highest BCUT2D eigenvalue weighted by Crippen LogP contribution is 2.49. The molecule has 2 aliphatic carbocycles. The molecule has 5 nitrogen and oxygen atoms in total. The maximum atomic E-state index is 13.4. The summed E-state index contributed by atoms with van der Waals surface area (Å²) in [6, 6.07) is 4.55. The van der Waals surface area contributed by atoms with Crippen molar-refractivity contribution in [2.75, 3.05) is 13.1 Å². The fourth-order valence-electron chi connectivity index (χ4n) is 5.64. The molecule has 0 radical (unpaired) electrons. The molecular weight excluding hydrogens is 601 g/mol. The number of hydrogen-bond donors (Lipinski definition) is 2. The van der Waals surface area contributed by atoms with Crippen LogP contribution in [0, 0.1) is 44.8 Å². The normalized spacial score (nSPS) is 20.0. The van der Waals surface area contributed by atoms with Crippen LogP contribution in [-0.4, -0.2) is 31.6 Å². The highest BCUT2D eigenvalue weighted by Gasteiger charge is 2.54. The van der Waals surface area contributed by atoms with Crippen LogP contribution in [-0.2, 0) is 0 Å². The third-order valence-electron chi connectivity index (χ3n) is 7.40. The highest BCUT2D eigenvalue weighted by atomic mass is 19.4. The number of alkyl halides is 9. The van der Waals surface area contributed by atoms with Gasteiger partial charge in [-0.05, 0) is 60.5 Å². The molecule has 0 bridgehead atoms. The van der Waals surface area contributed by atoms with Crippen molar-refractivity contribution in [3.8, 4) is 18.2 Å². The first-order chi connectivity index (χ1) is 20.1. The second-order valence-electron chi connectivity index (χ2n) is 12.5. The molecule has 0 fully saturated rings. The molecule has 14 heteroatoms. The molecule has 0 atom stereocenters. The van der Waals surface area contributed by atoms with Crippen molar-refractivity contribution < 1.29 is 39.5 Å². The Bertz CT molecular complexity index is 1330. The lowest BCUT2D eigenvalue weighted by Gasteiger charge is -2.35. The van der Waals surface area contributed by atoms with Gasteiger partial charge in [-0.25, -0.2) is 0 Å². The Hall–Kier alpha value is -3.60. The van der Waals surface area contributed by atoms with E-state index in [1.807, 2.05) is 6.07 Å². The summed E-state index contributed by atoms with van der Waals surface area (Å²) in [7, 11) is 0. The van der Waals surface area contributed by atoms with Crippen LogP contribution in [0.3, 0.4) is 0 Å². The van der Waals surface area contributed by atoms with Crippen molar-refractivity contribution >= 4 is 0 Å². The zero-order valence-electron chi connectivity index (χ0n) is 24.8. The molecule has 0 aromatic carbocycles. The van der Waals surface area contributed by atoms with Gasteiger partial charge in [0, 0.05) is 24.5 Å². The molecule has 2 N–H and O–H groups in total. The van der Waals surface area contributed by atoms with E-state index in [-0.39, 0.29) is 36.2 Å². The standard InChI is InChI=1S/C30H34F9N5/c1-26(2)11-18(22(17-42)28(31,32)33)20(15-40)23(13-26)43-9-7-5-6-8-10-44-24-14-27(3,4)12-19(21(24)16-41)25(29(34,35)36)30(37,38)39/h43-44H,5-14H2,1-4H3/b22-18+. The van der Waals surface area contributed by atoms with Crippen LogP contribution in [0.25, 0.3) is 0 Å². The van der Waals surface area contributed by atoms with Gasteiger partial charge >= 0.3 is 18.5 Å². The molecule has 242 valence electrons. The van der Waals surface area contributed by atoms with E-state index in [9.17, 15) is 50.0 Å². The molecular formula is C30H34F9N5. The topological polar surface area (TPSA) is 95.4 Å². The van der Waals surface area contributed by atoms with Gasteiger partial charge in [0.25, 0.3) is 0 Å². The van der Waals surface area contributed by atoms with E-state index in [0.29, 0.717) is 44.3 Å². The number of unbranched alkanes of at least 4 members (excludes halogenated alkanes) is 3. The Morgan fingerprint density at radius 2 is 1.00 bits per heavy atom. The quantitative estimate of drug-likeness (QED) is 0.150. The van der Waals surface area contributed by atoms with Crippen molar-refractivity contribution in [2.45, 2.75) is 97.6 Å². The van der Waals surface area contributed by atoms with Gasteiger partial charge in [-0.3, -0.25) is 0 Å². The molecule has 0 heterocycles. The zero-order valence-corrected chi connectivity index (χ0v) is 24.8. The van der Waals surface area contributed by atoms with Crippen molar-refractivity contribution in [3.63, 3.8) is 0 Å². The molecule has 0 unspecified atom stereocenters. The van der Waals surface area contributed by atoms with E-state index in [0.717, 1.165) is 0 Å². The number of nitrogens with zero attached hydrogens (tertiary/aromatic N) is 3. The molecule has 2 aliphatic rings. The number of halogens is 9. The summed E-state index contributed by atoms with van der Waals surface area (Å²) in [6.07, 6.45) is -14.2. The molecule has 0 aliphatic heterocycles. The minimum absolute atomic E-state index is 0.0294. The zero-order chi connectivity index (χ0) is 33.7. The number of nitriles is 3. The summed E-state index contributed by atoms with van der Waals surface area (Å²) in [6.45, 7) is 7.08. The summed E-state index contributed by atoms with van der Waals surface area (Å²) in [5, 5.41) is 34.2. The van der Waals surface area contributed by atoms with Gasteiger partial charge in [0.05, 0.1) is 11.1 Å². The van der Waals surface area contributed by atoms with Crippen LogP contribution in [0.4, 0.5) is 39.5 Å². The predicted molar refractivity (Wildman–Crippen MR) is 144 cm³/mol. The fourth-order valence-corrected chi connectivity index (χ4v) is 5.64. The summed E-state index contributed by atoms with van der Waals surface area (Å²) in [5.74, 6) is 0. The van der Waals surface area contributed by atoms with Crippen molar-refractivity contribution in [2.24, 2.45) is 10.8 Å². The molecule has 0 aromatic rings. The first-order valence-electron chi connectivity index (χ1n) is 13.9. The Kier molecular flexibility index (Phi) is 11.3. The first-order valence-corrected chi connectivity index (χ1v) is 13.9. The van der Waals surface area contributed by atoms with Gasteiger partial charge in [0.2, 0.25) is 0 Å². The molecule has 0 aromatic heterocycles. The van der Waals surface area contributed by atoms with E-state index in [2.05, 4.69) is 10.6 Å². The second-order valence-corrected chi connectivity index (χ2v) is 12.5. The SMILES string of the molecule is CC1(C)CC(NCCCCCCNC2=C(C#N)/C(=C(\C#N)C(F)(F)F)CC(C)(C)C2)=C(C#N)C(=C(C(F)(F)F)C(F)(F)F)C1. The first kappa shape index (κ1) is 36.6. The molecule has 2 rings (SSSR count). The van der Waals surface area contributed by atoms with Crippen LogP contribution in [0.15, 0.2) is 44.8 Å². The van der Waals surface area contributed by atoms with Gasteiger partial charge < -0.3 is 10.6 Å². The fraction of sp³-hybridized carbons (Fsp3) is 0.633. The smallest absolute Gasteiger partial charge is 0.387 e. The summed E-state index contributed by atoms with van der Waals surface area (Å²) < 4.78 is 121. The second kappa shape index (κ2) is 13.6. The lowest BCUT2D eigenvalue weighted by Crippen LogP contribution is -2.34. The number of nitrogens with one attached hydrogen (secondary N) is 2. The van der Waals surface area contributed by atoms with Crippen LogP contribution >= 0.6 is 0 Å². The van der Waals surface area contributed by atoms with Gasteiger partial charge in [-0.15, -0.1) is 0 Å². The lowest BCUT2D eigenvalue weighted by molar-refractivity contribution is -0.173. The largest absolute Gasteiger partial charge is 0.426 e. The van der Waals surface area contributed by atoms with Crippen molar-refractivity contribution in [1.29, 1.82) is 15.8 Å². The van der Waals surface area contributed by atoms with Crippen molar-refractivity contribution in [1.82, 2.24) is 10.6 Å². The van der Waals surface area contributed by atoms with E-state index >= 15 is 0 Å². The molecule has 0 saturated carbocycles. The predicted octanol–water partition coefficient (Wildman–Crippen LogP) is 8.73. The monoisotopic (exact) mass is 635 g/mol. The average Bonchev–Trinajstić information content (AvgIpc) is 2.82. The van der Waals surface area contributed by atoms with E-state index in [1.54, 1.807) is 19.9 Å². The highest BCUT2D eigenvalue weighted by molar-refractivity contribution is 5.55. The summed E-state index contributed by atoms with van der Waals surface area (Å²) >= 11 is 0. The van der Waals surface area contributed by atoms with Crippen molar-refractivity contribution in [3.05, 3.63) is 44.8 Å².